The van der Waals surface area contributed by atoms with Gasteiger partial charge in [0.25, 0.3) is 5.91 Å². The van der Waals surface area contributed by atoms with E-state index in [0.29, 0.717) is 38.1 Å². The number of aromatic nitrogens is 1. The lowest BCUT2D eigenvalue weighted by Crippen LogP contribution is -2.11. The summed E-state index contributed by atoms with van der Waals surface area (Å²) in [4.78, 5) is 17.7. The Hall–Kier alpha value is -3.22. The molecule has 0 radical (unpaired) electrons. The Balaban J connectivity index is 1.85. The first-order valence-electron chi connectivity index (χ1n) is 8.40. The van der Waals surface area contributed by atoms with Crippen molar-refractivity contribution in [1.29, 1.82) is 5.26 Å². The number of anilines is 1. The van der Waals surface area contributed by atoms with E-state index in [1.54, 1.807) is 25.1 Å². The molecule has 1 N–H and O–H groups in total. The van der Waals surface area contributed by atoms with Gasteiger partial charge in [-0.1, -0.05) is 0 Å². The number of aryl methyl sites for hydroxylation is 1. The Labute approximate surface area is 172 Å². The first-order chi connectivity index (χ1) is 13.7. The van der Waals surface area contributed by atoms with Crippen molar-refractivity contribution < 1.29 is 17.9 Å². The molecular formula is C20H17N3O4S2. The number of carbonyl (C=O) groups is 1. The molecule has 0 atom stereocenters. The zero-order chi connectivity index (χ0) is 21.2. The predicted octanol–water partition coefficient (Wildman–Crippen LogP) is 3.65. The van der Waals surface area contributed by atoms with Gasteiger partial charge in [0.2, 0.25) is 0 Å². The van der Waals surface area contributed by atoms with Crippen molar-refractivity contribution in [2.45, 2.75) is 11.8 Å². The Kier molecular flexibility index (Phi) is 5.68. The molecule has 0 aliphatic carbocycles. The van der Waals surface area contributed by atoms with Gasteiger partial charge in [-0.05, 0) is 49.4 Å². The molecule has 0 aliphatic heterocycles. The largest absolute Gasteiger partial charge is 0.495 e. The maximum absolute atomic E-state index is 12.7. The summed E-state index contributed by atoms with van der Waals surface area (Å²) in [5, 5.41) is 12.6. The summed E-state index contributed by atoms with van der Waals surface area (Å²) in [6.07, 6.45) is 1.12. The number of benzene rings is 2. The van der Waals surface area contributed by atoms with Crippen molar-refractivity contribution in [3.8, 4) is 22.4 Å². The Bertz CT molecular complexity index is 1220. The fourth-order valence-corrected chi connectivity index (χ4v) is 4.22. The van der Waals surface area contributed by atoms with Crippen LogP contribution in [0.3, 0.4) is 0 Å². The summed E-state index contributed by atoms with van der Waals surface area (Å²) in [5.41, 5.74) is 2.14. The third kappa shape index (κ3) is 4.45. The number of amides is 1. The molecule has 29 heavy (non-hydrogen) atoms. The number of hydrogen-bond acceptors (Lipinski definition) is 7. The number of sulfone groups is 1. The van der Waals surface area contributed by atoms with E-state index < -0.39 is 9.84 Å². The van der Waals surface area contributed by atoms with Crippen molar-refractivity contribution in [2.75, 3.05) is 18.7 Å². The lowest BCUT2D eigenvalue weighted by molar-refractivity contribution is 0.103. The molecule has 0 unspecified atom stereocenters. The molecule has 3 rings (SSSR count). The number of nitrogens with zero attached hydrogens (tertiary/aromatic N) is 2. The topological polar surface area (TPSA) is 109 Å². The number of ether oxygens (including phenoxy) is 1. The van der Waals surface area contributed by atoms with E-state index in [4.69, 9.17) is 4.74 Å². The smallest absolute Gasteiger partial charge is 0.267 e. The molecule has 2 aromatic carbocycles. The molecule has 0 fully saturated rings. The second-order valence-electron chi connectivity index (χ2n) is 6.21. The lowest BCUT2D eigenvalue weighted by atomic mass is 10.1. The van der Waals surface area contributed by atoms with Crippen molar-refractivity contribution >= 4 is 32.8 Å². The van der Waals surface area contributed by atoms with Crippen LogP contribution in [0.25, 0.3) is 10.6 Å². The maximum atomic E-state index is 12.7. The van der Waals surface area contributed by atoms with Gasteiger partial charge in [-0.25, -0.2) is 13.4 Å². The summed E-state index contributed by atoms with van der Waals surface area (Å²) in [7, 11) is -1.80. The van der Waals surface area contributed by atoms with Gasteiger partial charge >= 0.3 is 0 Å². The van der Waals surface area contributed by atoms with E-state index in [9.17, 15) is 18.5 Å². The fraction of sp³-hybridized carbons (Fsp3) is 0.150. The first-order valence-corrected chi connectivity index (χ1v) is 11.1. The Morgan fingerprint density at radius 3 is 2.48 bits per heavy atom. The van der Waals surface area contributed by atoms with Crippen LogP contribution in [0, 0.1) is 18.3 Å². The average molecular weight is 428 g/mol. The van der Waals surface area contributed by atoms with Crippen molar-refractivity contribution in [2.24, 2.45) is 0 Å². The average Bonchev–Trinajstić information content (AvgIpc) is 3.09. The Morgan fingerprint density at radius 2 is 1.90 bits per heavy atom. The van der Waals surface area contributed by atoms with Gasteiger partial charge in [0.05, 0.1) is 23.3 Å². The van der Waals surface area contributed by atoms with Gasteiger partial charge in [0, 0.05) is 17.5 Å². The molecule has 0 saturated heterocycles. The highest BCUT2D eigenvalue weighted by Gasteiger charge is 2.18. The SMILES string of the molecule is COc1ccc(-c2nc(C)c(C(=O)Nc3ccc(S(C)(=O)=O)cc3)s2)cc1C#N. The summed E-state index contributed by atoms with van der Waals surface area (Å²) < 4.78 is 28.2. The summed E-state index contributed by atoms with van der Waals surface area (Å²) in [5.74, 6) is 0.132. The zero-order valence-corrected chi connectivity index (χ0v) is 17.5. The minimum Gasteiger partial charge on any atom is -0.495 e. The number of thiazole rings is 1. The van der Waals surface area contributed by atoms with E-state index >= 15 is 0 Å². The van der Waals surface area contributed by atoms with Crippen molar-refractivity contribution in [3.05, 3.63) is 58.6 Å². The number of nitriles is 1. The van der Waals surface area contributed by atoms with E-state index in [1.807, 2.05) is 0 Å². The van der Waals surface area contributed by atoms with Crippen molar-refractivity contribution in [3.63, 3.8) is 0 Å². The quantitative estimate of drug-likeness (QED) is 0.666. The van der Waals surface area contributed by atoms with E-state index in [1.165, 1.54) is 42.7 Å². The van der Waals surface area contributed by atoms with Crippen LogP contribution in [-0.2, 0) is 9.84 Å². The number of nitrogens with one attached hydrogen (secondary N) is 1. The number of carbonyl (C=O) groups excluding carboxylic acids is 1. The molecule has 0 aliphatic rings. The highest BCUT2D eigenvalue weighted by atomic mass is 32.2. The van der Waals surface area contributed by atoms with Crippen LogP contribution in [0.15, 0.2) is 47.4 Å². The summed E-state index contributed by atoms with van der Waals surface area (Å²) >= 11 is 1.21. The first kappa shape index (κ1) is 20.5. The van der Waals surface area contributed by atoms with E-state index in [-0.39, 0.29) is 10.8 Å². The molecule has 148 valence electrons. The van der Waals surface area contributed by atoms with Gasteiger partial charge in [-0.2, -0.15) is 5.26 Å². The van der Waals surface area contributed by atoms with Crippen LogP contribution in [0.1, 0.15) is 20.9 Å². The molecular weight excluding hydrogens is 410 g/mol. The highest BCUT2D eigenvalue weighted by Crippen LogP contribution is 2.31. The van der Waals surface area contributed by atoms with Crippen LogP contribution in [0.4, 0.5) is 5.69 Å². The molecule has 0 bridgehead atoms. The molecule has 0 saturated carbocycles. The van der Waals surface area contributed by atoms with Gasteiger partial charge < -0.3 is 10.1 Å². The number of methoxy groups -OCH3 is 1. The van der Waals surface area contributed by atoms with Crippen LogP contribution >= 0.6 is 11.3 Å². The molecule has 3 aromatic rings. The second kappa shape index (κ2) is 8.03. The predicted molar refractivity (Wildman–Crippen MR) is 111 cm³/mol. The molecule has 1 amide bonds. The van der Waals surface area contributed by atoms with Gasteiger partial charge in [-0.15, -0.1) is 11.3 Å². The lowest BCUT2D eigenvalue weighted by Gasteiger charge is -2.05. The second-order valence-corrected chi connectivity index (χ2v) is 9.23. The highest BCUT2D eigenvalue weighted by molar-refractivity contribution is 7.90. The molecule has 0 spiro atoms. The monoisotopic (exact) mass is 427 g/mol. The Morgan fingerprint density at radius 1 is 1.21 bits per heavy atom. The minimum absolute atomic E-state index is 0.180. The van der Waals surface area contributed by atoms with Crippen LogP contribution in [-0.4, -0.2) is 32.7 Å². The summed E-state index contributed by atoms with van der Waals surface area (Å²) in [6, 6.07) is 13.2. The zero-order valence-electron chi connectivity index (χ0n) is 15.9. The van der Waals surface area contributed by atoms with Crippen LogP contribution in [0.5, 0.6) is 5.75 Å². The van der Waals surface area contributed by atoms with Crippen LogP contribution in [0.2, 0.25) is 0 Å². The standard InChI is InChI=1S/C20H17N3O4S2/c1-12-18(19(24)23-15-5-7-16(8-6-15)29(3,25)26)28-20(22-12)13-4-9-17(27-2)14(10-13)11-21/h4-10H,1-3H3,(H,23,24). The summed E-state index contributed by atoms with van der Waals surface area (Å²) in [6.45, 7) is 1.73. The number of rotatable bonds is 5. The van der Waals surface area contributed by atoms with E-state index in [2.05, 4.69) is 16.4 Å². The van der Waals surface area contributed by atoms with Gasteiger partial charge in [0.1, 0.15) is 21.7 Å². The third-order valence-corrected chi connectivity index (χ3v) is 6.44. The molecule has 7 nitrogen and oxygen atoms in total. The fourth-order valence-electron chi connectivity index (χ4n) is 2.63. The minimum atomic E-state index is -3.30. The third-order valence-electron chi connectivity index (χ3n) is 4.11. The van der Waals surface area contributed by atoms with Gasteiger partial charge in [0.15, 0.2) is 9.84 Å². The molecule has 9 heteroatoms. The van der Waals surface area contributed by atoms with Crippen LogP contribution < -0.4 is 10.1 Å². The molecule has 1 aromatic heterocycles. The molecule has 1 heterocycles. The maximum Gasteiger partial charge on any atom is 0.267 e. The van der Waals surface area contributed by atoms with Crippen molar-refractivity contribution in [1.82, 2.24) is 4.98 Å². The van der Waals surface area contributed by atoms with E-state index in [0.717, 1.165) is 6.26 Å². The van der Waals surface area contributed by atoms with Gasteiger partial charge in [-0.3, -0.25) is 4.79 Å². The number of hydrogen-bond donors (Lipinski definition) is 1. The normalized spacial score (nSPS) is 11.0.